The molecule has 6 nitrogen and oxygen atoms in total. The van der Waals surface area contributed by atoms with Gasteiger partial charge in [-0.1, -0.05) is 24.3 Å². The van der Waals surface area contributed by atoms with Crippen molar-refractivity contribution in [2.75, 3.05) is 11.9 Å². The summed E-state index contributed by atoms with van der Waals surface area (Å²) in [6.07, 6.45) is 0.287. The van der Waals surface area contributed by atoms with Crippen molar-refractivity contribution < 1.29 is 18.7 Å². The van der Waals surface area contributed by atoms with E-state index < -0.39 is 17.9 Å². The van der Waals surface area contributed by atoms with E-state index in [0.29, 0.717) is 11.4 Å². The van der Waals surface area contributed by atoms with Gasteiger partial charge in [0, 0.05) is 13.5 Å². The van der Waals surface area contributed by atoms with Crippen molar-refractivity contribution in [2.24, 2.45) is 5.73 Å². The normalized spacial score (nSPS) is 16.4. The van der Waals surface area contributed by atoms with Gasteiger partial charge in [0.2, 0.25) is 5.91 Å². The van der Waals surface area contributed by atoms with Crippen molar-refractivity contribution in [3.05, 3.63) is 53.3 Å². The Morgan fingerprint density at radius 3 is 2.72 bits per heavy atom. The fourth-order valence-electron chi connectivity index (χ4n) is 2.95. The molecule has 0 bridgehead atoms. The number of carbonyl (C=O) groups excluding carboxylic acids is 2. The van der Waals surface area contributed by atoms with E-state index in [1.165, 1.54) is 17.0 Å². The van der Waals surface area contributed by atoms with E-state index >= 15 is 0 Å². The fourth-order valence-corrected chi connectivity index (χ4v) is 2.95. The number of amides is 3. The Bertz CT molecular complexity index is 853. The van der Waals surface area contributed by atoms with Crippen molar-refractivity contribution in [3.8, 4) is 11.5 Å². The van der Waals surface area contributed by atoms with E-state index in [4.69, 9.17) is 10.5 Å². The molecule has 25 heavy (non-hydrogen) atoms. The first kappa shape index (κ1) is 16.8. The topological polar surface area (TPSA) is 84.7 Å². The van der Waals surface area contributed by atoms with Crippen LogP contribution in [0.3, 0.4) is 0 Å². The van der Waals surface area contributed by atoms with Gasteiger partial charge >= 0.3 is 6.03 Å². The highest BCUT2D eigenvalue weighted by atomic mass is 19.1. The van der Waals surface area contributed by atoms with Gasteiger partial charge in [-0.15, -0.1) is 0 Å². The zero-order chi connectivity index (χ0) is 18.1. The number of hydrogen-bond donors (Lipinski definition) is 2. The third-order valence-corrected chi connectivity index (χ3v) is 4.17. The van der Waals surface area contributed by atoms with Gasteiger partial charge in [-0.2, -0.15) is 0 Å². The van der Waals surface area contributed by atoms with Crippen LogP contribution in [0.1, 0.15) is 11.1 Å². The third kappa shape index (κ3) is 3.13. The number of para-hydroxylation sites is 1. The molecular weight excluding hydrogens is 325 g/mol. The summed E-state index contributed by atoms with van der Waals surface area (Å²) in [7, 11) is 1.59. The Morgan fingerprint density at radius 2 is 2.04 bits per heavy atom. The summed E-state index contributed by atoms with van der Waals surface area (Å²) in [6.45, 7) is 1.82. The lowest BCUT2D eigenvalue weighted by atomic mass is 9.95. The molecule has 0 saturated carbocycles. The highest BCUT2D eigenvalue weighted by Crippen LogP contribution is 2.41. The number of nitrogens with one attached hydrogen (secondary N) is 1. The molecule has 3 rings (SSSR count). The number of aryl methyl sites for hydroxylation is 1. The van der Waals surface area contributed by atoms with Gasteiger partial charge in [-0.25, -0.2) is 9.18 Å². The quantitative estimate of drug-likeness (QED) is 0.898. The molecule has 1 aliphatic heterocycles. The number of nitrogens with two attached hydrogens (primary N) is 1. The summed E-state index contributed by atoms with van der Waals surface area (Å²) in [4.78, 5) is 25.0. The summed E-state index contributed by atoms with van der Waals surface area (Å²) in [5.74, 6) is -0.305. The Labute approximate surface area is 144 Å². The van der Waals surface area contributed by atoms with Crippen LogP contribution < -0.4 is 20.7 Å². The zero-order valence-electron chi connectivity index (χ0n) is 13.9. The van der Waals surface area contributed by atoms with E-state index in [0.717, 1.165) is 11.1 Å². The van der Waals surface area contributed by atoms with Gasteiger partial charge in [0.05, 0.1) is 5.69 Å². The fraction of sp³-hybridized carbons (Fsp3) is 0.222. The molecule has 1 heterocycles. The molecule has 2 aromatic carbocycles. The summed E-state index contributed by atoms with van der Waals surface area (Å²) in [5, 5.41) is 2.44. The van der Waals surface area contributed by atoms with E-state index in [9.17, 15) is 14.0 Å². The van der Waals surface area contributed by atoms with Crippen molar-refractivity contribution in [3.63, 3.8) is 0 Å². The van der Waals surface area contributed by atoms with Gasteiger partial charge in [0.15, 0.2) is 17.3 Å². The van der Waals surface area contributed by atoms with Gasteiger partial charge in [-0.3, -0.25) is 4.79 Å². The minimum atomic E-state index is -0.759. The molecule has 0 radical (unpaired) electrons. The number of halogens is 1. The second-order valence-electron chi connectivity index (χ2n) is 5.91. The monoisotopic (exact) mass is 343 g/mol. The molecule has 1 aliphatic rings. The predicted octanol–water partition coefficient (Wildman–Crippen LogP) is 2.48. The molecule has 0 aliphatic carbocycles. The number of hydrogen-bond acceptors (Lipinski definition) is 3. The van der Waals surface area contributed by atoms with Crippen LogP contribution in [-0.2, 0) is 11.2 Å². The number of nitrogens with zero attached hydrogens (tertiary/aromatic N) is 1. The second-order valence-corrected chi connectivity index (χ2v) is 5.91. The first-order valence-corrected chi connectivity index (χ1v) is 7.77. The van der Waals surface area contributed by atoms with Crippen LogP contribution in [0.2, 0.25) is 0 Å². The number of benzene rings is 2. The van der Waals surface area contributed by atoms with Crippen molar-refractivity contribution in [1.29, 1.82) is 0 Å². The lowest BCUT2D eigenvalue weighted by Gasteiger charge is -2.33. The summed E-state index contributed by atoms with van der Waals surface area (Å²) in [5.41, 5.74) is 7.27. The molecule has 7 heteroatoms. The third-order valence-electron chi connectivity index (χ3n) is 4.17. The number of likely N-dealkylation sites (N-methyl/N-ethyl adjacent to an activating group) is 1. The second kappa shape index (κ2) is 6.43. The van der Waals surface area contributed by atoms with Crippen molar-refractivity contribution in [1.82, 2.24) is 5.32 Å². The molecule has 3 N–H and O–H groups in total. The molecule has 1 atom stereocenters. The van der Waals surface area contributed by atoms with Gasteiger partial charge in [-0.05, 0) is 30.2 Å². The SMILES string of the molecule is Cc1ccc2c(c1Oc1ccccc1F)N(C)C(=O)[C@H](NC(N)=O)C2. The average Bonchev–Trinajstić information content (AvgIpc) is 2.56. The van der Waals surface area contributed by atoms with Gasteiger partial charge < -0.3 is 20.7 Å². The lowest BCUT2D eigenvalue weighted by molar-refractivity contribution is -0.120. The number of urea groups is 1. The van der Waals surface area contributed by atoms with Crippen molar-refractivity contribution in [2.45, 2.75) is 19.4 Å². The highest BCUT2D eigenvalue weighted by molar-refractivity contribution is 6.03. The molecule has 0 unspecified atom stereocenters. The molecule has 2 aromatic rings. The molecule has 0 aromatic heterocycles. The molecule has 130 valence electrons. The molecule has 0 spiro atoms. The van der Waals surface area contributed by atoms with Crippen LogP contribution in [0.25, 0.3) is 0 Å². The van der Waals surface area contributed by atoms with E-state index in [1.807, 2.05) is 19.1 Å². The van der Waals surface area contributed by atoms with Gasteiger partial charge in [0.1, 0.15) is 6.04 Å². The number of rotatable bonds is 3. The maximum Gasteiger partial charge on any atom is 0.312 e. The van der Waals surface area contributed by atoms with Crippen LogP contribution in [0, 0.1) is 12.7 Å². The van der Waals surface area contributed by atoms with E-state index in [-0.39, 0.29) is 18.1 Å². The Kier molecular flexibility index (Phi) is 4.31. The van der Waals surface area contributed by atoms with Crippen LogP contribution in [-0.4, -0.2) is 25.0 Å². The number of carbonyl (C=O) groups is 2. The van der Waals surface area contributed by atoms with Crippen LogP contribution in [0.5, 0.6) is 11.5 Å². The number of anilines is 1. The summed E-state index contributed by atoms with van der Waals surface area (Å²) >= 11 is 0. The number of ether oxygens (including phenoxy) is 1. The lowest BCUT2D eigenvalue weighted by Crippen LogP contribution is -2.53. The first-order chi connectivity index (χ1) is 11.9. The maximum atomic E-state index is 14.0. The van der Waals surface area contributed by atoms with E-state index in [2.05, 4.69) is 5.32 Å². The standard InChI is InChI=1S/C18H18FN3O3/c1-10-7-8-11-9-13(21-18(20)24)17(23)22(2)15(11)16(10)25-14-6-4-3-5-12(14)19/h3-8,13H,9H2,1-2H3,(H3,20,21,24)/t13-/m1/s1. The number of fused-ring (bicyclic) bond motifs is 1. The van der Waals surface area contributed by atoms with Crippen LogP contribution in [0.4, 0.5) is 14.9 Å². The smallest absolute Gasteiger partial charge is 0.312 e. The largest absolute Gasteiger partial charge is 0.452 e. The molecule has 0 saturated heterocycles. The molecular formula is C18H18FN3O3. The molecule has 3 amide bonds. The number of primary amides is 1. The highest BCUT2D eigenvalue weighted by Gasteiger charge is 2.34. The first-order valence-electron chi connectivity index (χ1n) is 7.77. The van der Waals surface area contributed by atoms with Crippen LogP contribution in [0.15, 0.2) is 36.4 Å². The minimum Gasteiger partial charge on any atom is -0.452 e. The molecule has 0 fully saturated rings. The van der Waals surface area contributed by atoms with Gasteiger partial charge in [0.25, 0.3) is 0 Å². The Hall–Kier alpha value is -3.09. The Balaban J connectivity index is 2.04. The Morgan fingerprint density at radius 1 is 1.32 bits per heavy atom. The maximum absolute atomic E-state index is 14.0. The average molecular weight is 343 g/mol. The summed E-state index contributed by atoms with van der Waals surface area (Å²) in [6, 6.07) is 8.27. The zero-order valence-corrected chi connectivity index (χ0v) is 13.9. The predicted molar refractivity (Wildman–Crippen MR) is 91.3 cm³/mol. The van der Waals surface area contributed by atoms with E-state index in [1.54, 1.807) is 19.2 Å². The van der Waals surface area contributed by atoms with Crippen LogP contribution >= 0.6 is 0 Å². The summed E-state index contributed by atoms with van der Waals surface area (Å²) < 4.78 is 19.7. The van der Waals surface area contributed by atoms with Crippen molar-refractivity contribution >= 4 is 17.6 Å². The minimum absolute atomic E-state index is 0.0808.